The summed E-state index contributed by atoms with van der Waals surface area (Å²) in [6, 6.07) is 5.50. The Morgan fingerprint density at radius 3 is 2.91 bits per heavy atom. The average molecular weight is 314 g/mol. The van der Waals surface area contributed by atoms with Crippen molar-refractivity contribution in [3.8, 4) is 0 Å². The summed E-state index contributed by atoms with van der Waals surface area (Å²) in [6.45, 7) is 1.06. The van der Waals surface area contributed by atoms with E-state index in [1.807, 2.05) is 12.1 Å². The van der Waals surface area contributed by atoms with Gasteiger partial charge in [-0.25, -0.2) is 9.78 Å². The summed E-state index contributed by atoms with van der Waals surface area (Å²) in [5.74, 6) is 0.00213. The lowest BCUT2D eigenvalue weighted by Gasteiger charge is -2.19. The highest BCUT2D eigenvalue weighted by Gasteiger charge is 2.29. The highest BCUT2D eigenvalue weighted by atomic mass is 16.5. The monoisotopic (exact) mass is 314 g/mol. The molecule has 0 bridgehead atoms. The smallest absolute Gasteiger partial charge is 0.347 e. The van der Waals surface area contributed by atoms with Gasteiger partial charge < -0.3 is 10.1 Å². The Hall–Kier alpha value is -2.54. The van der Waals surface area contributed by atoms with E-state index in [-0.39, 0.29) is 24.4 Å². The third kappa shape index (κ3) is 4.01. The molecule has 1 amide bonds. The van der Waals surface area contributed by atoms with E-state index in [4.69, 9.17) is 4.74 Å². The van der Waals surface area contributed by atoms with E-state index in [1.54, 1.807) is 24.7 Å². The first-order chi connectivity index (χ1) is 11.2. The Bertz CT molecular complexity index is 717. The molecule has 23 heavy (non-hydrogen) atoms. The molecule has 2 aromatic heterocycles. The number of rotatable bonds is 5. The molecule has 0 aliphatic carbocycles. The van der Waals surface area contributed by atoms with E-state index in [2.05, 4.69) is 15.3 Å². The number of ether oxygens (including phenoxy) is 1. The standard InChI is InChI=1S/C16H18N4O3/c21-15(9-20-7-1-4-18-16(20)22)19-14-11-23-10-13(14)8-12-2-5-17-6-3-12/h1-7,13-14H,8-11H2,(H,19,21)/t13-,14-/m1/s1. The predicted octanol–water partition coefficient (Wildman–Crippen LogP) is 0.0122. The van der Waals surface area contributed by atoms with Crippen LogP contribution >= 0.6 is 0 Å². The third-order valence-corrected chi connectivity index (χ3v) is 3.89. The Morgan fingerprint density at radius 1 is 1.30 bits per heavy atom. The summed E-state index contributed by atoms with van der Waals surface area (Å²) in [5.41, 5.74) is 0.733. The summed E-state index contributed by atoms with van der Waals surface area (Å²) < 4.78 is 6.79. The largest absolute Gasteiger partial charge is 0.379 e. The topological polar surface area (TPSA) is 86.1 Å². The van der Waals surface area contributed by atoms with Crippen molar-refractivity contribution >= 4 is 5.91 Å². The summed E-state index contributed by atoms with van der Waals surface area (Å²) in [6.07, 6.45) is 7.29. The van der Waals surface area contributed by atoms with Gasteiger partial charge in [0.05, 0.1) is 19.3 Å². The maximum atomic E-state index is 12.2. The van der Waals surface area contributed by atoms with Crippen molar-refractivity contribution in [2.24, 2.45) is 5.92 Å². The molecule has 0 aromatic carbocycles. The minimum absolute atomic E-state index is 0.0366. The summed E-state index contributed by atoms with van der Waals surface area (Å²) in [5, 5.41) is 2.96. The first kappa shape index (κ1) is 15.4. The summed E-state index contributed by atoms with van der Waals surface area (Å²) >= 11 is 0. The van der Waals surface area contributed by atoms with Gasteiger partial charge in [0.1, 0.15) is 6.54 Å². The van der Waals surface area contributed by atoms with Crippen LogP contribution < -0.4 is 11.0 Å². The number of amides is 1. The minimum Gasteiger partial charge on any atom is -0.379 e. The molecule has 1 aliphatic rings. The molecule has 1 N–H and O–H groups in total. The lowest BCUT2D eigenvalue weighted by molar-refractivity contribution is -0.122. The Morgan fingerprint density at radius 2 is 2.13 bits per heavy atom. The zero-order valence-corrected chi connectivity index (χ0v) is 12.6. The molecular formula is C16H18N4O3. The molecule has 0 unspecified atom stereocenters. The molecule has 0 radical (unpaired) electrons. The van der Waals surface area contributed by atoms with E-state index in [1.165, 1.54) is 16.3 Å². The van der Waals surface area contributed by atoms with Gasteiger partial charge in [0.2, 0.25) is 5.91 Å². The SMILES string of the molecule is O=C(Cn1cccnc1=O)N[C@@H]1COC[C@H]1Cc1ccncc1. The quantitative estimate of drug-likeness (QED) is 0.840. The fourth-order valence-corrected chi connectivity index (χ4v) is 2.70. The minimum atomic E-state index is -0.432. The molecule has 0 saturated carbocycles. The van der Waals surface area contributed by atoms with Crippen LogP contribution in [0.4, 0.5) is 0 Å². The van der Waals surface area contributed by atoms with Crippen LogP contribution in [0, 0.1) is 5.92 Å². The fraction of sp³-hybridized carbons (Fsp3) is 0.375. The highest BCUT2D eigenvalue weighted by molar-refractivity contribution is 5.76. The number of carbonyl (C=O) groups is 1. The first-order valence-corrected chi connectivity index (χ1v) is 7.50. The third-order valence-electron chi connectivity index (χ3n) is 3.89. The zero-order valence-electron chi connectivity index (χ0n) is 12.6. The van der Waals surface area contributed by atoms with Gasteiger partial charge in [-0.15, -0.1) is 0 Å². The molecular weight excluding hydrogens is 296 g/mol. The molecule has 120 valence electrons. The average Bonchev–Trinajstić information content (AvgIpc) is 2.97. The van der Waals surface area contributed by atoms with Gasteiger partial charge >= 0.3 is 5.69 Å². The van der Waals surface area contributed by atoms with Crippen LogP contribution in [0.25, 0.3) is 0 Å². The first-order valence-electron chi connectivity index (χ1n) is 7.50. The molecule has 1 saturated heterocycles. The van der Waals surface area contributed by atoms with Crippen molar-refractivity contribution in [3.05, 3.63) is 59.0 Å². The second kappa shape index (κ2) is 7.15. The molecule has 7 nitrogen and oxygen atoms in total. The number of pyridine rings is 1. The molecule has 7 heteroatoms. The number of carbonyl (C=O) groups excluding carboxylic acids is 1. The van der Waals surface area contributed by atoms with E-state index in [0.29, 0.717) is 13.2 Å². The van der Waals surface area contributed by atoms with Gasteiger partial charge in [0.25, 0.3) is 0 Å². The van der Waals surface area contributed by atoms with Crippen LogP contribution in [0.1, 0.15) is 5.56 Å². The van der Waals surface area contributed by atoms with Crippen molar-refractivity contribution < 1.29 is 9.53 Å². The van der Waals surface area contributed by atoms with E-state index in [9.17, 15) is 9.59 Å². The van der Waals surface area contributed by atoms with Gasteiger partial charge in [-0.2, -0.15) is 0 Å². The molecule has 1 fully saturated rings. The molecule has 2 aromatic rings. The second-order valence-corrected chi connectivity index (χ2v) is 5.56. The van der Waals surface area contributed by atoms with Crippen molar-refractivity contribution in [3.63, 3.8) is 0 Å². The van der Waals surface area contributed by atoms with Crippen molar-refractivity contribution in [2.45, 2.75) is 19.0 Å². The molecule has 3 heterocycles. The zero-order chi connectivity index (χ0) is 16.1. The lowest BCUT2D eigenvalue weighted by Crippen LogP contribution is -2.43. The Kier molecular flexibility index (Phi) is 4.77. The lowest BCUT2D eigenvalue weighted by atomic mass is 9.95. The molecule has 0 spiro atoms. The van der Waals surface area contributed by atoms with Crippen LogP contribution in [0.5, 0.6) is 0 Å². The summed E-state index contributed by atoms with van der Waals surface area (Å²) in [4.78, 5) is 31.3. The van der Waals surface area contributed by atoms with Crippen LogP contribution in [-0.4, -0.2) is 39.7 Å². The normalized spacial score (nSPS) is 20.3. The van der Waals surface area contributed by atoms with Gasteiger partial charge in [0, 0.05) is 30.7 Å². The number of nitrogens with zero attached hydrogens (tertiary/aromatic N) is 3. The Labute approximate surface area is 133 Å². The van der Waals surface area contributed by atoms with Crippen molar-refractivity contribution in [2.75, 3.05) is 13.2 Å². The van der Waals surface area contributed by atoms with E-state index >= 15 is 0 Å². The fourth-order valence-electron chi connectivity index (χ4n) is 2.70. The van der Waals surface area contributed by atoms with Gasteiger partial charge in [0.15, 0.2) is 0 Å². The van der Waals surface area contributed by atoms with Crippen LogP contribution in [-0.2, 0) is 22.5 Å². The van der Waals surface area contributed by atoms with Gasteiger partial charge in [-0.1, -0.05) is 0 Å². The number of hydrogen-bond acceptors (Lipinski definition) is 5. The summed E-state index contributed by atoms with van der Waals surface area (Å²) in [7, 11) is 0. The maximum absolute atomic E-state index is 12.2. The molecule has 1 aliphatic heterocycles. The predicted molar refractivity (Wildman–Crippen MR) is 82.7 cm³/mol. The van der Waals surface area contributed by atoms with Crippen LogP contribution in [0.3, 0.4) is 0 Å². The van der Waals surface area contributed by atoms with Crippen molar-refractivity contribution in [1.82, 2.24) is 19.9 Å². The molecule has 3 rings (SSSR count). The van der Waals surface area contributed by atoms with Crippen LogP contribution in [0.15, 0.2) is 47.8 Å². The maximum Gasteiger partial charge on any atom is 0.347 e. The second-order valence-electron chi connectivity index (χ2n) is 5.56. The van der Waals surface area contributed by atoms with E-state index < -0.39 is 5.69 Å². The van der Waals surface area contributed by atoms with E-state index in [0.717, 1.165) is 6.42 Å². The number of aromatic nitrogens is 3. The molecule has 2 atom stereocenters. The van der Waals surface area contributed by atoms with Crippen molar-refractivity contribution in [1.29, 1.82) is 0 Å². The highest BCUT2D eigenvalue weighted by Crippen LogP contribution is 2.18. The van der Waals surface area contributed by atoms with Crippen LogP contribution in [0.2, 0.25) is 0 Å². The number of hydrogen-bond donors (Lipinski definition) is 1. The van der Waals surface area contributed by atoms with Gasteiger partial charge in [-0.3, -0.25) is 14.3 Å². The van der Waals surface area contributed by atoms with Gasteiger partial charge in [-0.05, 0) is 30.2 Å². The Balaban J connectivity index is 1.59. The number of nitrogens with one attached hydrogen (secondary N) is 1.